The fraction of sp³-hybridized carbons (Fsp3) is 1.00. The van der Waals surface area contributed by atoms with Gasteiger partial charge < -0.3 is 14.9 Å². The lowest BCUT2D eigenvalue weighted by molar-refractivity contribution is -0.00847. The van der Waals surface area contributed by atoms with E-state index in [2.05, 4.69) is 6.92 Å². The van der Waals surface area contributed by atoms with Gasteiger partial charge in [-0.3, -0.25) is 0 Å². The minimum Gasteiger partial charge on any atom is -0.394 e. The Labute approximate surface area is 68.0 Å². The lowest BCUT2D eigenvalue weighted by Gasteiger charge is -2.13. The lowest BCUT2D eigenvalue weighted by Crippen LogP contribution is -2.19. The molecule has 0 aliphatic carbocycles. The first-order valence-corrected chi connectivity index (χ1v) is 4.18. The average Bonchev–Trinajstić information content (AvgIpc) is 2.05. The minimum atomic E-state index is -0.0814. The van der Waals surface area contributed by atoms with E-state index in [9.17, 15) is 0 Å². The van der Waals surface area contributed by atoms with E-state index in [1.54, 1.807) is 0 Å². The van der Waals surface area contributed by atoms with E-state index in [1.165, 1.54) is 0 Å². The molecule has 11 heavy (non-hydrogen) atoms. The van der Waals surface area contributed by atoms with Gasteiger partial charge in [-0.05, 0) is 6.42 Å². The third-order valence-corrected chi connectivity index (χ3v) is 1.53. The predicted molar refractivity (Wildman–Crippen MR) is 43.4 cm³/mol. The summed E-state index contributed by atoms with van der Waals surface area (Å²) in [6, 6.07) is 0. The molecule has 0 spiro atoms. The minimum absolute atomic E-state index is 0.0304. The van der Waals surface area contributed by atoms with Crippen LogP contribution in [0.1, 0.15) is 26.2 Å². The maximum absolute atomic E-state index is 8.77. The van der Waals surface area contributed by atoms with Crippen molar-refractivity contribution < 1.29 is 14.9 Å². The molecule has 0 aromatic heterocycles. The zero-order valence-electron chi connectivity index (χ0n) is 7.12. The Hall–Kier alpha value is -0.120. The second-order valence-electron chi connectivity index (χ2n) is 2.54. The smallest absolute Gasteiger partial charge is 0.0806 e. The van der Waals surface area contributed by atoms with Crippen LogP contribution in [0.4, 0.5) is 0 Å². The molecule has 1 atom stereocenters. The van der Waals surface area contributed by atoms with Crippen LogP contribution in [0.2, 0.25) is 0 Å². The number of hydrogen-bond donors (Lipinski definition) is 2. The monoisotopic (exact) mass is 162 g/mol. The maximum Gasteiger partial charge on any atom is 0.0806 e. The van der Waals surface area contributed by atoms with Crippen LogP contribution in [-0.4, -0.2) is 36.1 Å². The number of aliphatic hydroxyl groups is 2. The van der Waals surface area contributed by atoms with Gasteiger partial charge in [0.25, 0.3) is 0 Å². The van der Waals surface area contributed by atoms with Crippen molar-refractivity contribution in [3.63, 3.8) is 0 Å². The van der Waals surface area contributed by atoms with Crippen LogP contribution in [0, 0.1) is 0 Å². The van der Waals surface area contributed by atoms with Crippen LogP contribution in [0.5, 0.6) is 0 Å². The van der Waals surface area contributed by atoms with Crippen LogP contribution in [0.15, 0.2) is 0 Å². The van der Waals surface area contributed by atoms with Crippen molar-refractivity contribution in [3.8, 4) is 0 Å². The summed E-state index contributed by atoms with van der Waals surface area (Å²) in [5.74, 6) is 0. The lowest BCUT2D eigenvalue weighted by atomic mass is 10.2. The third-order valence-electron chi connectivity index (χ3n) is 1.53. The summed E-state index contributed by atoms with van der Waals surface area (Å²) in [7, 11) is 0. The van der Waals surface area contributed by atoms with E-state index in [4.69, 9.17) is 14.9 Å². The first-order chi connectivity index (χ1) is 5.35. The summed E-state index contributed by atoms with van der Waals surface area (Å²) in [6.07, 6.45) is 2.98. The Morgan fingerprint density at radius 2 is 2.09 bits per heavy atom. The predicted octanol–water partition coefficient (Wildman–Crippen LogP) is 0.546. The molecule has 68 valence electrons. The number of unbranched alkanes of at least 4 members (excludes halogenated alkanes) is 1. The van der Waals surface area contributed by atoms with E-state index >= 15 is 0 Å². The van der Waals surface area contributed by atoms with E-state index < -0.39 is 0 Å². The van der Waals surface area contributed by atoms with Crippen LogP contribution in [0.25, 0.3) is 0 Å². The highest BCUT2D eigenvalue weighted by Crippen LogP contribution is 2.03. The van der Waals surface area contributed by atoms with E-state index in [0.717, 1.165) is 19.3 Å². The van der Waals surface area contributed by atoms with Crippen LogP contribution in [0.3, 0.4) is 0 Å². The van der Waals surface area contributed by atoms with Crippen molar-refractivity contribution in [3.05, 3.63) is 0 Å². The number of ether oxygens (including phenoxy) is 1. The van der Waals surface area contributed by atoms with E-state index in [0.29, 0.717) is 6.61 Å². The van der Waals surface area contributed by atoms with Crippen molar-refractivity contribution in [2.24, 2.45) is 0 Å². The molecule has 0 saturated carbocycles. The Morgan fingerprint density at radius 3 is 2.55 bits per heavy atom. The highest BCUT2D eigenvalue weighted by molar-refractivity contribution is 4.54. The molecule has 0 saturated heterocycles. The van der Waals surface area contributed by atoms with Gasteiger partial charge in [0.1, 0.15) is 0 Å². The van der Waals surface area contributed by atoms with Crippen molar-refractivity contribution in [1.82, 2.24) is 0 Å². The molecule has 3 nitrogen and oxygen atoms in total. The van der Waals surface area contributed by atoms with Gasteiger partial charge in [0, 0.05) is 0 Å². The number of hydrogen-bond acceptors (Lipinski definition) is 3. The van der Waals surface area contributed by atoms with Crippen LogP contribution in [-0.2, 0) is 4.74 Å². The summed E-state index contributed by atoms with van der Waals surface area (Å²) in [6.45, 7) is 2.51. The standard InChI is InChI=1S/C8H18O3/c1-2-3-4-8(7-10)11-6-5-9/h8-10H,2-7H2,1H3. The Morgan fingerprint density at radius 1 is 1.36 bits per heavy atom. The molecule has 0 fully saturated rings. The van der Waals surface area contributed by atoms with Gasteiger partial charge in [-0.1, -0.05) is 19.8 Å². The zero-order chi connectivity index (χ0) is 8.53. The first-order valence-electron chi connectivity index (χ1n) is 4.18. The van der Waals surface area contributed by atoms with Crippen molar-refractivity contribution in [1.29, 1.82) is 0 Å². The van der Waals surface area contributed by atoms with Gasteiger partial charge in [-0.2, -0.15) is 0 Å². The molecule has 2 N–H and O–H groups in total. The Balaban J connectivity index is 3.25. The molecule has 0 heterocycles. The fourth-order valence-electron chi connectivity index (χ4n) is 0.878. The molecule has 0 aromatic rings. The first kappa shape index (κ1) is 10.9. The SMILES string of the molecule is CCCCC(CO)OCCO. The number of rotatable bonds is 7. The average molecular weight is 162 g/mol. The van der Waals surface area contributed by atoms with Crippen LogP contribution < -0.4 is 0 Å². The summed E-state index contributed by atoms with van der Waals surface area (Å²) in [4.78, 5) is 0. The highest BCUT2D eigenvalue weighted by atomic mass is 16.5. The molecule has 0 aliphatic heterocycles. The molecule has 0 radical (unpaired) electrons. The van der Waals surface area contributed by atoms with Gasteiger partial charge in [-0.15, -0.1) is 0 Å². The van der Waals surface area contributed by atoms with E-state index in [-0.39, 0.29) is 19.3 Å². The molecule has 3 heteroatoms. The normalized spacial score (nSPS) is 13.4. The second-order valence-corrected chi connectivity index (χ2v) is 2.54. The van der Waals surface area contributed by atoms with Crippen molar-refractivity contribution in [2.75, 3.05) is 19.8 Å². The summed E-state index contributed by atoms with van der Waals surface area (Å²) in [5, 5.41) is 17.2. The zero-order valence-corrected chi connectivity index (χ0v) is 7.12. The molecule has 0 bridgehead atoms. The largest absolute Gasteiger partial charge is 0.394 e. The van der Waals surface area contributed by atoms with Gasteiger partial charge in [-0.25, -0.2) is 0 Å². The molecule has 0 amide bonds. The molecule has 1 unspecified atom stereocenters. The topological polar surface area (TPSA) is 49.7 Å². The Kier molecular flexibility index (Phi) is 7.89. The van der Waals surface area contributed by atoms with Crippen LogP contribution >= 0.6 is 0 Å². The second kappa shape index (κ2) is 7.98. The molecular weight excluding hydrogens is 144 g/mol. The molecular formula is C8H18O3. The van der Waals surface area contributed by atoms with Gasteiger partial charge in [0.2, 0.25) is 0 Å². The fourth-order valence-corrected chi connectivity index (χ4v) is 0.878. The third kappa shape index (κ3) is 6.28. The quantitative estimate of drug-likeness (QED) is 0.574. The van der Waals surface area contributed by atoms with Crippen molar-refractivity contribution in [2.45, 2.75) is 32.3 Å². The Bertz CT molecular complexity index is 67.7. The molecule has 0 rings (SSSR count). The van der Waals surface area contributed by atoms with Gasteiger partial charge in [0.15, 0.2) is 0 Å². The molecule has 0 aliphatic rings. The van der Waals surface area contributed by atoms with Crippen molar-refractivity contribution >= 4 is 0 Å². The van der Waals surface area contributed by atoms with Gasteiger partial charge in [0.05, 0.1) is 25.9 Å². The summed E-state index contributed by atoms with van der Waals surface area (Å²) in [5.41, 5.74) is 0. The summed E-state index contributed by atoms with van der Waals surface area (Å²) < 4.78 is 5.14. The maximum atomic E-state index is 8.77. The molecule has 0 aromatic carbocycles. The highest BCUT2D eigenvalue weighted by Gasteiger charge is 2.05. The van der Waals surface area contributed by atoms with Gasteiger partial charge >= 0.3 is 0 Å². The number of aliphatic hydroxyl groups excluding tert-OH is 2. The van der Waals surface area contributed by atoms with E-state index in [1.807, 2.05) is 0 Å². The summed E-state index contributed by atoms with van der Waals surface area (Å²) >= 11 is 0.